The fourth-order valence-corrected chi connectivity index (χ4v) is 2.89. The molecule has 0 atom stereocenters. The van der Waals surface area contributed by atoms with Gasteiger partial charge < -0.3 is 9.47 Å². The van der Waals surface area contributed by atoms with E-state index in [1.165, 1.54) is 24.4 Å². The Morgan fingerprint density at radius 3 is 2.06 bits per heavy atom. The molecule has 0 bridgehead atoms. The van der Waals surface area contributed by atoms with E-state index in [4.69, 9.17) is 9.47 Å². The Balaban J connectivity index is 2.53. The summed E-state index contributed by atoms with van der Waals surface area (Å²) in [6, 6.07) is 5.88. The van der Waals surface area contributed by atoms with Crippen molar-refractivity contribution in [3.63, 3.8) is 0 Å². The van der Waals surface area contributed by atoms with Crippen LogP contribution in [0.5, 0.6) is 0 Å². The summed E-state index contributed by atoms with van der Waals surface area (Å²) in [6.07, 6.45) is -1.08. The number of rotatable bonds is 4. The molecule has 0 aliphatic carbocycles. The summed E-state index contributed by atoms with van der Waals surface area (Å²) < 4.78 is 26.1. The molecule has 1 aromatic heterocycles. The number of halogens is 1. The zero-order chi connectivity index (χ0) is 25.1. The summed E-state index contributed by atoms with van der Waals surface area (Å²) in [4.78, 5) is 40.6. The monoisotopic (exact) mass is 461 g/mol. The summed E-state index contributed by atoms with van der Waals surface area (Å²) in [7, 11) is 0. The van der Waals surface area contributed by atoms with Crippen molar-refractivity contribution in [2.45, 2.75) is 66.1 Å². The highest BCUT2D eigenvalue weighted by Crippen LogP contribution is 2.28. The average molecular weight is 461 g/mol. The first-order chi connectivity index (χ1) is 15.1. The van der Waals surface area contributed by atoms with Gasteiger partial charge in [-0.2, -0.15) is 4.90 Å². The van der Waals surface area contributed by atoms with Crippen LogP contribution in [-0.4, -0.2) is 33.3 Å². The van der Waals surface area contributed by atoms with Gasteiger partial charge in [0.2, 0.25) is 0 Å². The molecule has 0 aliphatic rings. The number of nitro groups is 1. The lowest BCUT2D eigenvalue weighted by Crippen LogP contribution is -2.44. The number of amides is 2. The smallest absolute Gasteiger partial charge is 0.425 e. The molecule has 1 aromatic carbocycles. The Kier molecular flexibility index (Phi) is 7.41. The SMILES string of the molecule is Cc1c(Cc2ccnc(N(C(=O)OC(C)(C)C)C(=O)OC(C)(C)C)c2F)cccc1[N+](=O)[O-]. The number of carbonyl (C=O) groups excluding carboxylic acids is 2. The van der Waals surface area contributed by atoms with Gasteiger partial charge in [-0.25, -0.2) is 19.0 Å². The minimum atomic E-state index is -1.15. The second-order valence-corrected chi connectivity index (χ2v) is 9.40. The number of anilines is 1. The number of aromatic nitrogens is 1. The number of nitro benzene ring substituents is 1. The zero-order valence-electron chi connectivity index (χ0n) is 19.8. The third-order valence-electron chi connectivity index (χ3n) is 4.31. The van der Waals surface area contributed by atoms with Crippen molar-refractivity contribution in [3.05, 3.63) is 63.1 Å². The van der Waals surface area contributed by atoms with Crippen molar-refractivity contribution in [1.82, 2.24) is 4.98 Å². The molecule has 2 rings (SSSR count). The van der Waals surface area contributed by atoms with E-state index in [2.05, 4.69) is 4.98 Å². The minimum Gasteiger partial charge on any atom is -0.443 e. The van der Waals surface area contributed by atoms with Gasteiger partial charge in [0.05, 0.1) is 4.92 Å². The van der Waals surface area contributed by atoms with E-state index in [0.29, 0.717) is 16.0 Å². The molecule has 1 heterocycles. The molecule has 0 unspecified atom stereocenters. The van der Waals surface area contributed by atoms with Crippen molar-refractivity contribution in [2.24, 2.45) is 0 Å². The highest BCUT2D eigenvalue weighted by Gasteiger charge is 2.36. The third-order valence-corrected chi connectivity index (χ3v) is 4.31. The van der Waals surface area contributed by atoms with E-state index in [9.17, 15) is 19.7 Å². The summed E-state index contributed by atoms with van der Waals surface area (Å²) in [5.74, 6) is -1.53. The number of ether oxygens (including phenoxy) is 2. The molecule has 2 amide bonds. The molecular formula is C23H28FN3O6. The Morgan fingerprint density at radius 1 is 1.03 bits per heavy atom. The van der Waals surface area contributed by atoms with Gasteiger partial charge in [0.15, 0.2) is 11.6 Å². The van der Waals surface area contributed by atoms with Crippen LogP contribution in [-0.2, 0) is 15.9 Å². The lowest BCUT2D eigenvalue weighted by atomic mass is 9.99. The lowest BCUT2D eigenvalue weighted by Gasteiger charge is -2.28. The molecule has 0 aliphatic heterocycles. The van der Waals surface area contributed by atoms with E-state index in [1.54, 1.807) is 54.5 Å². The summed E-state index contributed by atoms with van der Waals surface area (Å²) >= 11 is 0. The number of hydrogen-bond donors (Lipinski definition) is 0. The molecule has 0 spiro atoms. The standard InChI is InChI=1S/C23H28FN3O6/c1-14-15(9-8-10-17(14)27(30)31)13-16-11-12-25-19(18(16)24)26(20(28)32-22(2,3)4)21(29)33-23(5,6)7/h8-12H,13H2,1-7H3. The number of imide groups is 1. The quantitative estimate of drug-likeness (QED) is 0.424. The molecule has 0 fully saturated rings. The number of carbonyl (C=O) groups is 2. The van der Waals surface area contributed by atoms with E-state index < -0.39 is 39.9 Å². The molecule has 0 N–H and O–H groups in total. The van der Waals surface area contributed by atoms with Crippen LogP contribution < -0.4 is 4.90 Å². The van der Waals surface area contributed by atoms with E-state index >= 15 is 4.39 Å². The number of hydrogen-bond acceptors (Lipinski definition) is 7. The van der Waals surface area contributed by atoms with Crippen LogP contribution in [0.25, 0.3) is 0 Å². The summed E-state index contributed by atoms with van der Waals surface area (Å²) in [6.45, 7) is 11.2. The highest BCUT2D eigenvalue weighted by molar-refractivity contribution is 6.08. The van der Waals surface area contributed by atoms with Gasteiger partial charge in [-0.1, -0.05) is 12.1 Å². The number of benzene rings is 1. The van der Waals surface area contributed by atoms with Crippen molar-refractivity contribution < 1.29 is 28.4 Å². The Labute approximate surface area is 191 Å². The maximum atomic E-state index is 15.5. The molecule has 10 heteroatoms. The summed E-state index contributed by atoms with van der Waals surface area (Å²) in [5.41, 5.74) is -1.04. The maximum Gasteiger partial charge on any atom is 0.425 e. The van der Waals surface area contributed by atoms with Gasteiger partial charge >= 0.3 is 12.2 Å². The predicted molar refractivity (Wildman–Crippen MR) is 120 cm³/mol. The molecule has 0 radical (unpaired) electrons. The first-order valence-corrected chi connectivity index (χ1v) is 10.2. The van der Waals surface area contributed by atoms with Gasteiger partial charge in [0, 0.05) is 24.2 Å². The predicted octanol–water partition coefficient (Wildman–Crippen LogP) is 5.70. The zero-order valence-corrected chi connectivity index (χ0v) is 19.8. The normalized spacial score (nSPS) is 11.6. The topological polar surface area (TPSA) is 112 Å². The highest BCUT2D eigenvalue weighted by atomic mass is 19.1. The van der Waals surface area contributed by atoms with Crippen molar-refractivity contribution in [2.75, 3.05) is 4.90 Å². The number of pyridine rings is 1. The molecule has 178 valence electrons. The van der Waals surface area contributed by atoms with E-state index in [1.807, 2.05) is 0 Å². The van der Waals surface area contributed by atoms with Gasteiger partial charge in [-0.15, -0.1) is 0 Å². The van der Waals surface area contributed by atoms with Crippen LogP contribution >= 0.6 is 0 Å². The van der Waals surface area contributed by atoms with E-state index in [-0.39, 0.29) is 17.7 Å². The molecule has 0 saturated heterocycles. The maximum absolute atomic E-state index is 15.5. The van der Waals surface area contributed by atoms with Crippen LogP contribution in [0.4, 0.5) is 25.5 Å². The van der Waals surface area contributed by atoms with Crippen LogP contribution in [0, 0.1) is 22.9 Å². The molecule has 9 nitrogen and oxygen atoms in total. The van der Waals surface area contributed by atoms with Crippen LogP contribution in [0.15, 0.2) is 30.5 Å². The van der Waals surface area contributed by atoms with Crippen LogP contribution in [0.2, 0.25) is 0 Å². The third kappa shape index (κ3) is 6.71. The Morgan fingerprint density at radius 2 is 1.58 bits per heavy atom. The minimum absolute atomic E-state index is 0.0225. The van der Waals surface area contributed by atoms with Crippen molar-refractivity contribution in [1.29, 1.82) is 0 Å². The summed E-state index contributed by atoms with van der Waals surface area (Å²) in [5, 5.41) is 11.2. The fraction of sp³-hybridized carbons (Fsp3) is 0.435. The van der Waals surface area contributed by atoms with Crippen molar-refractivity contribution >= 4 is 23.7 Å². The van der Waals surface area contributed by atoms with Crippen molar-refractivity contribution in [3.8, 4) is 0 Å². The molecule has 33 heavy (non-hydrogen) atoms. The Hall–Kier alpha value is -3.56. The second-order valence-electron chi connectivity index (χ2n) is 9.40. The molecule has 2 aromatic rings. The van der Waals surface area contributed by atoms with Gasteiger partial charge in [0.1, 0.15) is 11.2 Å². The molecular weight excluding hydrogens is 433 g/mol. The van der Waals surface area contributed by atoms with Gasteiger partial charge in [0.25, 0.3) is 5.69 Å². The van der Waals surface area contributed by atoms with Crippen LogP contribution in [0.3, 0.4) is 0 Å². The Bertz CT molecular complexity index is 1040. The van der Waals surface area contributed by atoms with E-state index in [0.717, 1.165) is 0 Å². The van der Waals surface area contributed by atoms with Gasteiger partial charge in [-0.05, 0) is 65.7 Å². The average Bonchev–Trinajstić information content (AvgIpc) is 2.63. The number of nitrogens with zero attached hydrogens (tertiary/aromatic N) is 3. The second kappa shape index (κ2) is 9.51. The van der Waals surface area contributed by atoms with Crippen LogP contribution in [0.1, 0.15) is 58.2 Å². The molecule has 0 saturated carbocycles. The first-order valence-electron chi connectivity index (χ1n) is 10.2. The lowest BCUT2D eigenvalue weighted by molar-refractivity contribution is -0.385. The largest absolute Gasteiger partial charge is 0.443 e. The van der Waals surface area contributed by atoms with Gasteiger partial charge in [-0.3, -0.25) is 10.1 Å². The first kappa shape index (κ1) is 25.7. The fourth-order valence-electron chi connectivity index (χ4n) is 2.89.